The van der Waals surface area contributed by atoms with Crippen molar-refractivity contribution in [2.45, 2.75) is 68.8 Å². The number of aliphatic hydroxyl groups is 1. The molecule has 1 aliphatic rings. The molecule has 0 aromatic heterocycles. The number of alkyl halides is 7. The van der Waals surface area contributed by atoms with Crippen LogP contribution in [0.25, 0.3) is 0 Å². The Morgan fingerprint density at radius 3 is 1.83 bits per heavy atom. The van der Waals surface area contributed by atoms with Crippen LogP contribution < -0.4 is 0 Å². The summed E-state index contributed by atoms with van der Waals surface area (Å²) < 4.78 is 96.7. The van der Waals surface area contributed by atoms with Crippen molar-refractivity contribution in [3.05, 3.63) is 12.2 Å². The van der Waals surface area contributed by atoms with Crippen molar-refractivity contribution in [1.82, 2.24) is 0 Å². The van der Waals surface area contributed by atoms with E-state index in [2.05, 4.69) is 11.3 Å². The van der Waals surface area contributed by atoms with Gasteiger partial charge in [-0.15, -0.1) is 0 Å². The Morgan fingerprint density at radius 1 is 1.08 bits per heavy atom. The summed E-state index contributed by atoms with van der Waals surface area (Å²) >= 11 is 0. The maximum atomic E-state index is 14.6. The lowest BCUT2D eigenvalue weighted by Gasteiger charge is -2.46. The fourth-order valence-corrected chi connectivity index (χ4v) is 2.66. The highest BCUT2D eigenvalue weighted by molar-refractivity contribution is 5.87. The van der Waals surface area contributed by atoms with E-state index in [1.807, 2.05) is 0 Å². The lowest BCUT2D eigenvalue weighted by atomic mass is 9.74. The van der Waals surface area contributed by atoms with Gasteiger partial charge in [-0.3, -0.25) is 0 Å². The van der Waals surface area contributed by atoms with E-state index in [-0.39, 0.29) is 18.4 Å². The minimum Gasteiger partial charge on any atom is -0.452 e. The monoisotopic (exact) mass is 366 g/mol. The molecule has 0 radical (unpaired) electrons. The lowest BCUT2D eigenvalue weighted by Crippen LogP contribution is -2.69. The first-order valence-electron chi connectivity index (χ1n) is 7.08. The Labute approximate surface area is 133 Å². The van der Waals surface area contributed by atoms with E-state index >= 15 is 0 Å². The number of hydrogen-bond donors (Lipinski definition) is 1. The third kappa shape index (κ3) is 3.52. The quantitative estimate of drug-likeness (QED) is 0.465. The molecule has 0 spiro atoms. The minimum atomic E-state index is -6.34. The summed E-state index contributed by atoms with van der Waals surface area (Å²) in [5.41, 5.74) is -8.68. The summed E-state index contributed by atoms with van der Waals surface area (Å²) in [6, 6.07) is 0. The minimum absolute atomic E-state index is 0.0513. The number of carbonyl (C=O) groups is 1. The summed E-state index contributed by atoms with van der Waals surface area (Å²) in [7, 11) is 0. The first-order chi connectivity index (χ1) is 10.7. The van der Waals surface area contributed by atoms with E-state index in [1.54, 1.807) is 0 Å². The van der Waals surface area contributed by atoms with Gasteiger partial charge in [0.25, 0.3) is 5.60 Å². The third-order valence-electron chi connectivity index (χ3n) is 4.04. The summed E-state index contributed by atoms with van der Waals surface area (Å²) in [4.78, 5) is 11.6. The molecule has 0 saturated heterocycles. The van der Waals surface area contributed by atoms with E-state index in [0.717, 1.165) is 6.92 Å². The SMILES string of the molecule is C=C(C)C(=O)OC1(C(F)C(O)(C(F)(F)F)C(F)(F)F)CCCCC1. The van der Waals surface area contributed by atoms with Crippen LogP contribution in [0.3, 0.4) is 0 Å². The maximum Gasteiger partial charge on any atom is 0.429 e. The van der Waals surface area contributed by atoms with Gasteiger partial charge in [-0.25, -0.2) is 9.18 Å². The molecule has 1 atom stereocenters. The van der Waals surface area contributed by atoms with Gasteiger partial charge in [-0.1, -0.05) is 13.0 Å². The Kier molecular flexibility index (Phi) is 5.64. The summed E-state index contributed by atoms with van der Waals surface area (Å²) in [5, 5.41) is 9.28. The van der Waals surface area contributed by atoms with E-state index in [1.165, 1.54) is 0 Å². The van der Waals surface area contributed by atoms with Crippen molar-refractivity contribution >= 4 is 5.97 Å². The van der Waals surface area contributed by atoms with Gasteiger partial charge < -0.3 is 9.84 Å². The second kappa shape index (κ2) is 6.53. The number of carbonyl (C=O) groups excluding carboxylic acids is 1. The predicted octanol–water partition coefficient (Wildman–Crippen LogP) is 4.00. The predicted molar refractivity (Wildman–Crippen MR) is 68.7 cm³/mol. The van der Waals surface area contributed by atoms with Gasteiger partial charge >= 0.3 is 18.3 Å². The van der Waals surface area contributed by atoms with Crippen LogP contribution in [0.15, 0.2) is 12.2 Å². The number of ether oxygens (including phenoxy) is 1. The Bertz CT molecular complexity index is 476. The fourth-order valence-electron chi connectivity index (χ4n) is 2.66. The fraction of sp³-hybridized carbons (Fsp3) is 0.786. The van der Waals surface area contributed by atoms with Crippen LogP contribution in [-0.4, -0.2) is 40.8 Å². The van der Waals surface area contributed by atoms with Gasteiger partial charge in [0.15, 0.2) is 6.17 Å². The normalized spacial score (nSPS) is 20.4. The average molecular weight is 366 g/mol. The number of rotatable bonds is 4. The molecular weight excluding hydrogens is 349 g/mol. The highest BCUT2D eigenvalue weighted by Gasteiger charge is 2.78. The van der Waals surface area contributed by atoms with Gasteiger partial charge in [-0.2, -0.15) is 26.3 Å². The van der Waals surface area contributed by atoms with Crippen LogP contribution in [0.2, 0.25) is 0 Å². The molecule has 0 amide bonds. The maximum absolute atomic E-state index is 14.6. The first-order valence-corrected chi connectivity index (χ1v) is 7.08. The molecule has 1 unspecified atom stereocenters. The first kappa shape index (κ1) is 20.7. The van der Waals surface area contributed by atoms with Gasteiger partial charge in [-0.05, 0) is 32.6 Å². The molecule has 0 aromatic carbocycles. The Hall–Kier alpha value is -1.32. The molecule has 10 heteroatoms. The molecule has 24 heavy (non-hydrogen) atoms. The van der Waals surface area contributed by atoms with Crippen LogP contribution in [0.4, 0.5) is 30.7 Å². The van der Waals surface area contributed by atoms with Gasteiger partial charge in [0.2, 0.25) is 0 Å². The van der Waals surface area contributed by atoms with Crippen molar-refractivity contribution in [1.29, 1.82) is 0 Å². The van der Waals surface area contributed by atoms with Crippen LogP contribution in [0.5, 0.6) is 0 Å². The molecular formula is C14H17F7O3. The van der Waals surface area contributed by atoms with Crippen LogP contribution in [0.1, 0.15) is 39.0 Å². The Morgan fingerprint density at radius 2 is 1.50 bits per heavy atom. The standard InChI is InChI=1S/C14H17F7O3/c1-8(2)9(22)24-11(6-4-3-5-7-11)10(15)12(23,13(16,17)18)14(19,20)21/h10,23H,1,3-7H2,2H3. The van der Waals surface area contributed by atoms with E-state index in [4.69, 9.17) is 0 Å². The number of hydrogen-bond acceptors (Lipinski definition) is 3. The van der Waals surface area contributed by atoms with E-state index in [9.17, 15) is 40.6 Å². The lowest BCUT2D eigenvalue weighted by molar-refractivity contribution is -0.397. The van der Waals surface area contributed by atoms with Gasteiger partial charge in [0.05, 0.1) is 0 Å². The smallest absolute Gasteiger partial charge is 0.429 e. The molecule has 140 valence electrons. The topological polar surface area (TPSA) is 46.5 Å². The van der Waals surface area contributed by atoms with Crippen molar-refractivity contribution < 1.29 is 45.4 Å². The molecule has 0 aliphatic heterocycles. The molecule has 1 saturated carbocycles. The van der Waals surface area contributed by atoms with E-state index < -0.39 is 48.5 Å². The largest absolute Gasteiger partial charge is 0.452 e. The van der Waals surface area contributed by atoms with Crippen molar-refractivity contribution in [2.24, 2.45) is 0 Å². The summed E-state index contributed by atoms with van der Waals surface area (Å²) in [6.45, 7) is 4.28. The highest BCUT2D eigenvalue weighted by Crippen LogP contribution is 2.52. The number of esters is 1. The zero-order chi connectivity index (χ0) is 19.0. The molecule has 1 fully saturated rings. The summed E-state index contributed by atoms with van der Waals surface area (Å²) in [6.07, 6.45) is -17.2. The van der Waals surface area contributed by atoms with Crippen LogP contribution >= 0.6 is 0 Å². The molecule has 1 N–H and O–H groups in total. The molecule has 0 aromatic rings. The van der Waals surface area contributed by atoms with Crippen molar-refractivity contribution in [3.63, 3.8) is 0 Å². The van der Waals surface area contributed by atoms with E-state index in [0.29, 0.717) is 6.42 Å². The second-order valence-corrected chi connectivity index (χ2v) is 5.92. The van der Waals surface area contributed by atoms with Gasteiger partial charge in [0.1, 0.15) is 5.60 Å². The highest BCUT2D eigenvalue weighted by atomic mass is 19.4. The third-order valence-corrected chi connectivity index (χ3v) is 4.04. The molecule has 1 rings (SSSR count). The Balaban J connectivity index is 3.40. The molecule has 3 nitrogen and oxygen atoms in total. The van der Waals surface area contributed by atoms with Crippen LogP contribution in [0, 0.1) is 0 Å². The molecule has 0 heterocycles. The molecule has 0 bridgehead atoms. The summed E-state index contributed by atoms with van der Waals surface area (Å²) in [5.74, 6) is -1.31. The number of halogens is 7. The van der Waals surface area contributed by atoms with Crippen LogP contribution in [-0.2, 0) is 9.53 Å². The second-order valence-electron chi connectivity index (χ2n) is 5.92. The zero-order valence-electron chi connectivity index (χ0n) is 12.7. The molecule has 1 aliphatic carbocycles. The average Bonchev–Trinajstić information content (AvgIpc) is 2.44. The zero-order valence-corrected chi connectivity index (χ0v) is 12.7. The van der Waals surface area contributed by atoms with Crippen molar-refractivity contribution in [2.75, 3.05) is 0 Å². The van der Waals surface area contributed by atoms with Gasteiger partial charge in [0, 0.05) is 5.57 Å². The van der Waals surface area contributed by atoms with Crippen molar-refractivity contribution in [3.8, 4) is 0 Å².